The number of nitrogens with one attached hydrogen (secondary N) is 1. The molecule has 0 radical (unpaired) electrons. The minimum Gasteiger partial charge on any atom is -0.362 e. The summed E-state index contributed by atoms with van der Waals surface area (Å²) in [5, 5.41) is 9.49. The minimum atomic E-state index is -2.79. The summed E-state index contributed by atoms with van der Waals surface area (Å²) in [6.45, 7) is -0.464. The maximum Gasteiger partial charge on any atom is 0.345 e. The summed E-state index contributed by atoms with van der Waals surface area (Å²) >= 11 is 11.0. The van der Waals surface area contributed by atoms with Crippen molar-refractivity contribution in [2.45, 2.75) is 39.0 Å². The van der Waals surface area contributed by atoms with Crippen molar-refractivity contribution in [1.82, 2.24) is 19.0 Å². The normalized spacial score (nSPS) is 12.8. The van der Waals surface area contributed by atoms with Gasteiger partial charge >= 0.3 is 6.61 Å². The van der Waals surface area contributed by atoms with Crippen molar-refractivity contribution in [3.05, 3.63) is 38.2 Å². The molecule has 12 heteroatoms. The van der Waals surface area contributed by atoms with Gasteiger partial charge in [-0.3, -0.25) is 0 Å². The second-order valence-electron chi connectivity index (χ2n) is 6.11. The van der Waals surface area contributed by atoms with Gasteiger partial charge in [0.05, 0.1) is 18.8 Å². The number of halogens is 4. The molecule has 0 amide bonds. The number of aryl methyl sites for hydroxylation is 1. The van der Waals surface area contributed by atoms with Crippen LogP contribution in [-0.4, -0.2) is 38.2 Å². The van der Waals surface area contributed by atoms with E-state index in [2.05, 4.69) is 40.4 Å². The Bertz CT molecular complexity index is 939. The van der Waals surface area contributed by atoms with Gasteiger partial charge in [0.2, 0.25) is 5.28 Å². The molecule has 3 rings (SSSR count). The van der Waals surface area contributed by atoms with Crippen molar-refractivity contribution in [3.63, 3.8) is 0 Å². The molecule has 0 aliphatic carbocycles. The first-order valence-electron chi connectivity index (χ1n) is 8.38. The summed E-state index contributed by atoms with van der Waals surface area (Å²) in [6.07, 6.45) is 0.773. The van der Waals surface area contributed by atoms with Crippen LogP contribution in [0.1, 0.15) is 23.2 Å². The molecule has 3 heterocycles. The highest BCUT2D eigenvalue weighted by Gasteiger charge is 2.21. The van der Waals surface area contributed by atoms with E-state index in [1.165, 1.54) is 11.5 Å². The lowest BCUT2D eigenvalue weighted by Gasteiger charge is -2.12. The van der Waals surface area contributed by atoms with Crippen molar-refractivity contribution in [3.8, 4) is 0 Å². The van der Waals surface area contributed by atoms with Gasteiger partial charge in [-0.1, -0.05) is 0 Å². The lowest BCUT2D eigenvalue weighted by Crippen LogP contribution is -2.25. The Labute approximate surface area is 177 Å². The van der Waals surface area contributed by atoms with E-state index in [4.69, 9.17) is 17.3 Å². The first-order chi connectivity index (χ1) is 13.4. The number of alkyl halides is 2. The zero-order valence-electron chi connectivity index (χ0n) is 14.8. The lowest BCUT2D eigenvalue weighted by molar-refractivity contribution is -0.129. The maximum atomic E-state index is 12.1. The van der Waals surface area contributed by atoms with Crippen LogP contribution in [0.25, 0.3) is 5.52 Å². The third-order valence-corrected chi connectivity index (χ3v) is 5.76. The van der Waals surface area contributed by atoms with Crippen molar-refractivity contribution in [2.24, 2.45) is 5.73 Å². The summed E-state index contributed by atoms with van der Waals surface area (Å²) in [6, 6.07) is 1.57. The van der Waals surface area contributed by atoms with Crippen molar-refractivity contribution < 1.29 is 13.5 Å². The zero-order chi connectivity index (χ0) is 20.3. The van der Waals surface area contributed by atoms with Crippen LogP contribution in [0.15, 0.2) is 16.0 Å². The predicted octanol–water partition coefficient (Wildman–Crippen LogP) is 4.02. The highest BCUT2D eigenvalue weighted by Crippen LogP contribution is 2.32. The number of aromatic nitrogens is 4. The van der Waals surface area contributed by atoms with Crippen molar-refractivity contribution >= 4 is 50.4 Å². The fourth-order valence-corrected chi connectivity index (χ4v) is 4.26. The number of ether oxygens (including phenoxy) is 1. The van der Waals surface area contributed by atoms with Crippen LogP contribution < -0.4 is 11.1 Å². The summed E-state index contributed by atoms with van der Waals surface area (Å²) in [5.41, 5.74) is 9.60. The second kappa shape index (κ2) is 9.40. The number of nitrogens with zero attached hydrogens (tertiary/aromatic N) is 4. The molecular formula is C16H18BrClF2N6OS. The number of rotatable bonds is 9. The topological polar surface area (TPSA) is 90.4 Å². The standard InChI is InChI=1S/C16H18BrClF2N6OS/c1-8-11(6-9(21)2-4-27-16(19)20)13(17)26-12(8)14(23-15(18)24-26)22-7-10-3-5-28-25-10/h3,5,9,16H,2,4,6-7,21H2,1H3,(H,22,23,24)/t9-/m0/s1. The van der Waals surface area contributed by atoms with Crippen molar-refractivity contribution in [1.29, 1.82) is 0 Å². The van der Waals surface area contributed by atoms with E-state index in [9.17, 15) is 8.78 Å². The van der Waals surface area contributed by atoms with E-state index in [0.717, 1.165) is 22.3 Å². The Kier molecular flexibility index (Phi) is 7.15. The van der Waals surface area contributed by atoms with Crippen LogP contribution in [0.5, 0.6) is 0 Å². The first-order valence-corrected chi connectivity index (χ1v) is 10.4. The molecule has 3 N–H and O–H groups in total. The molecular weight excluding hydrogens is 478 g/mol. The van der Waals surface area contributed by atoms with Crippen LogP contribution in [0, 0.1) is 6.92 Å². The summed E-state index contributed by atoms with van der Waals surface area (Å²) in [4.78, 5) is 4.31. The predicted molar refractivity (Wildman–Crippen MR) is 108 cm³/mol. The largest absolute Gasteiger partial charge is 0.362 e. The van der Waals surface area contributed by atoms with Crippen molar-refractivity contribution in [2.75, 3.05) is 11.9 Å². The van der Waals surface area contributed by atoms with Gasteiger partial charge in [0, 0.05) is 11.4 Å². The monoisotopic (exact) mass is 494 g/mol. The molecule has 3 aromatic rings. The van der Waals surface area contributed by atoms with Crippen LogP contribution in [0.4, 0.5) is 14.6 Å². The molecule has 1 atom stereocenters. The Morgan fingerprint density at radius 1 is 1.46 bits per heavy atom. The summed E-state index contributed by atoms with van der Waals surface area (Å²) in [5.74, 6) is 0.576. The van der Waals surface area contributed by atoms with E-state index in [-0.39, 0.29) is 17.9 Å². The molecule has 7 nitrogen and oxygen atoms in total. The Balaban J connectivity index is 1.85. The molecule has 0 bridgehead atoms. The molecule has 28 heavy (non-hydrogen) atoms. The molecule has 0 spiro atoms. The fourth-order valence-electron chi connectivity index (χ4n) is 2.84. The second-order valence-corrected chi connectivity index (χ2v) is 7.87. The number of anilines is 1. The first kappa shape index (κ1) is 21.3. The van der Waals surface area contributed by atoms with Crippen LogP contribution in [0.3, 0.4) is 0 Å². The Morgan fingerprint density at radius 3 is 2.93 bits per heavy atom. The van der Waals surface area contributed by atoms with E-state index >= 15 is 0 Å². The number of nitrogens with two attached hydrogens (primary N) is 1. The van der Waals surface area contributed by atoms with Gasteiger partial charge < -0.3 is 15.8 Å². The number of hydrogen-bond acceptors (Lipinski definition) is 7. The molecule has 152 valence electrons. The van der Waals surface area contributed by atoms with Gasteiger partial charge in [0.15, 0.2) is 5.82 Å². The smallest absolute Gasteiger partial charge is 0.345 e. The summed E-state index contributed by atoms with van der Waals surface area (Å²) < 4.78 is 35.2. The Morgan fingerprint density at radius 2 is 2.25 bits per heavy atom. The average Bonchev–Trinajstić information content (AvgIpc) is 3.23. The minimum absolute atomic E-state index is 0.0881. The highest BCUT2D eigenvalue weighted by atomic mass is 79.9. The molecule has 0 saturated carbocycles. The van der Waals surface area contributed by atoms with Gasteiger partial charge in [-0.2, -0.15) is 18.1 Å². The van der Waals surface area contributed by atoms with E-state index < -0.39 is 6.61 Å². The van der Waals surface area contributed by atoms with Gasteiger partial charge in [0.25, 0.3) is 0 Å². The SMILES string of the molecule is Cc1c(C[C@@H](N)CCOC(F)F)c(Br)n2nc(Cl)nc(NCc3ccsn3)c12. The van der Waals surface area contributed by atoms with Crippen LogP contribution in [-0.2, 0) is 17.7 Å². The van der Waals surface area contributed by atoms with E-state index in [1.54, 1.807) is 4.52 Å². The molecule has 0 aliphatic heterocycles. The van der Waals surface area contributed by atoms with Crippen LogP contribution in [0.2, 0.25) is 5.28 Å². The third kappa shape index (κ3) is 4.95. The molecule has 0 aromatic carbocycles. The average molecular weight is 496 g/mol. The quantitative estimate of drug-likeness (QED) is 0.466. The third-order valence-electron chi connectivity index (χ3n) is 4.19. The van der Waals surface area contributed by atoms with Gasteiger partial charge in [-0.25, -0.2) is 4.52 Å². The molecule has 0 aliphatic rings. The highest BCUT2D eigenvalue weighted by molar-refractivity contribution is 9.10. The molecule has 3 aromatic heterocycles. The van der Waals surface area contributed by atoms with Crippen LogP contribution >= 0.6 is 39.1 Å². The Hall–Kier alpha value is -1.40. The number of hydrogen-bond donors (Lipinski definition) is 2. The molecule has 0 fully saturated rings. The summed E-state index contributed by atoms with van der Waals surface area (Å²) in [7, 11) is 0. The fraction of sp³-hybridized carbons (Fsp3) is 0.438. The lowest BCUT2D eigenvalue weighted by atomic mass is 10.0. The van der Waals surface area contributed by atoms with E-state index in [1.807, 2.05) is 18.4 Å². The molecule has 0 saturated heterocycles. The van der Waals surface area contributed by atoms with E-state index in [0.29, 0.717) is 29.8 Å². The van der Waals surface area contributed by atoms with Gasteiger partial charge in [0.1, 0.15) is 10.1 Å². The number of fused-ring (bicyclic) bond motifs is 1. The molecule has 0 unspecified atom stereocenters. The maximum absolute atomic E-state index is 12.1. The van der Waals surface area contributed by atoms with Gasteiger partial charge in [-0.15, -0.1) is 5.10 Å². The van der Waals surface area contributed by atoms with Gasteiger partial charge in [-0.05, 0) is 76.0 Å². The zero-order valence-corrected chi connectivity index (χ0v) is 18.0.